The Morgan fingerprint density at radius 1 is 1.53 bits per heavy atom. The van der Waals surface area contributed by atoms with Gasteiger partial charge in [-0.3, -0.25) is 4.98 Å². The van der Waals surface area contributed by atoms with Gasteiger partial charge in [-0.2, -0.15) is 0 Å². The zero-order chi connectivity index (χ0) is 14.1. The van der Waals surface area contributed by atoms with Crippen LogP contribution in [0.2, 0.25) is 0 Å². The number of pyridine rings is 1. The number of oxime groups is 1. The first-order chi connectivity index (χ1) is 9.17. The zero-order valence-electron chi connectivity index (χ0n) is 11.6. The van der Waals surface area contributed by atoms with E-state index >= 15 is 0 Å². The Morgan fingerprint density at radius 3 is 2.95 bits per heavy atom. The molecule has 1 rings (SSSR count). The second kappa shape index (κ2) is 7.88. The third-order valence-electron chi connectivity index (χ3n) is 2.36. The molecule has 0 saturated heterocycles. The summed E-state index contributed by atoms with van der Waals surface area (Å²) in [5.74, 6) is 5.79. The van der Waals surface area contributed by atoms with Crippen LogP contribution in [0.15, 0.2) is 47.7 Å². The lowest BCUT2D eigenvalue weighted by Gasteiger charge is -2.00. The smallest absolute Gasteiger partial charge is 0.177 e. The van der Waals surface area contributed by atoms with Gasteiger partial charge in [-0.15, -0.1) is 0 Å². The summed E-state index contributed by atoms with van der Waals surface area (Å²) < 4.78 is 0. The summed E-state index contributed by atoms with van der Waals surface area (Å²) in [4.78, 5) is 9.50. The molecule has 0 saturated carbocycles. The molecule has 0 spiro atoms. The van der Waals surface area contributed by atoms with Gasteiger partial charge in [-0.25, -0.2) is 0 Å². The normalized spacial score (nSPS) is 11.5. The fraction of sp³-hybridized carbons (Fsp3) is 0.250. The molecule has 0 aliphatic carbocycles. The third-order valence-corrected chi connectivity index (χ3v) is 2.36. The Morgan fingerprint density at radius 2 is 2.32 bits per heavy atom. The highest BCUT2D eigenvalue weighted by Crippen LogP contribution is 2.00. The molecule has 98 valence electrons. The van der Waals surface area contributed by atoms with Crippen LogP contribution in [-0.2, 0) is 4.84 Å². The summed E-state index contributed by atoms with van der Waals surface area (Å²) in [5, 5.41) is 3.99. The Balaban J connectivity index is 2.56. The average Bonchev–Trinajstić information content (AvgIpc) is 2.42. The van der Waals surface area contributed by atoms with Crippen LogP contribution >= 0.6 is 0 Å². The van der Waals surface area contributed by atoms with Gasteiger partial charge in [0.2, 0.25) is 0 Å². The topological polar surface area (TPSA) is 34.5 Å². The first kappa shape index (κ1) is 14.7. The molecule has 1 heterocycles. The van der Waals surface area contributed by atoms with Gasteiger partial charge in [0, 0.05) is 11.3 Å². The van der Waals surface area contributed by atoms with Crippen LogP contribution < -0.4 is 0 Å². The Kier molecular flexibility index (Phi) is 6.11. The van der Waals surface area contributed by atoms with Gasteiger partial charge in [0.15, 0.2) is 6.61 Å². The highest BCUT2D eigenvalue weighted by atomic mass is 16.6. The maximum atomic E-state index is 5.14. The molecular weight excluding hydrogens is 236 g/mol. The third kappa shape index (κ3) is 5.22. The second-order valence-corrected chi connectivity index (χ2v) is 3.86. The van der Waals surface area contributed by atoms with Crippen LogP contribution in [0.4, 0.5) is 0 Å². The van der Waals surface area contributed by atoms with Crippen molar-refractivity contribution in [3.63, 3.8) is 0 Å². The molecule has 0 aliphatic heterocycles. The highest BCUT2D eigenvalue weighted by Gasteiger charge is 1.98. The first-order valence-corrected chi connectivity index (χ1v) is 6.05. The van der Waals surface area contributed by atoms with Crippen LogP contribution in [0.1, 0.15) is 25.2 Å². The van der Waals surface area contributed by atoms with Crippen LogP contribution in [0, 0.1) is 18.8 Å². The van der Waals surface area contributed by atoms with Gasteiger partial charge in [0.05, 0.1) is 5.69 Å². The minimum atomic E-state index is 0.244. The van der Waals surface area contributed by atoms with Crippen molar-refractivity contribution in [1.82, 2.24) is 4.98 Å². The predicted octanol–water partition coefficient (Wildman–Crippen LogP) is 3.27. The minimum absolute atomic E-state index is 0.244. The molecule has 0 aromatic carbocycles. The lowest BCUT2D eigenvalue weighted by Crippen LogP contribution is -2.00. The van der Waals surface area contributed by atoms with E-state index in [4.69, 9.17) is 4.84 Å². The van der Waals surface area contributed by atoms with E-state index in [2.05, 4.69) is 28.6 Å². The van der Waals surface area contributed by atoms with E-state index < -0.39 is 0 Å². The maximum absolute atomic E-state index is 5.14. The molecule has 3 nitrogen and oxygen atoms in total. The predicted molar refractivity (Wildman–Crippen MR) is 78.9 cm³/mol. The van der Waals surface area contributed by atoms with E-state index in [1.807, 2.05) is 45.0 Å². The first-order valence-electron chi connectivity index (χ1n) is 6.05. The van der Waals surface area contributed by atoms with E-state index in [0.29, 0.717) is 0 Å². The number of hydrogen-bond donors (Lipinski definition) is 0. The molecule has 3 heteroatoms. The van der Waals surface area contributed by atoms with Gasteiger partial charge in [-0.05, 0) is 32.9 Å². The Bertz CT molecular complexity index is 560. The number of rotatable bonds is 4. The fourth-order valence-electron chi connectivity index (χ4n) is 1.33. The van der Waals surface area contributed by atoms with Crippen molar-refractivity contribution >= 4 is 5.71 Å². The van der Waals surface area contributed by atoms with Crippen molar-refractivity contribution in [2.75, 3.05) is 6.61 Å². The largest absolute Gasteiger partial charge is 0.382 e. The fourth-order valence-corrected chi connectivity index (χ4v) is 1.33. The molecule has 0 atom stereocenters. The minimum Gasteiger partial charge on any atom is -0.382 e. The summed E-state index contributed by atoms with van der Waals surface area (Å²) >= 11 is 0. The van der Waals surface area contributed by atoms with Gasteiger partial charge < -0.3 is 4.84 Å². The summed E-state index contributed by atoms with van der Waals surface area (Å²) in [6, 6.07) is 5.78. The van der Waals surface area contributed by atoms with Gasteiger partial charge in [0.1, 0.15) is 5.71 Å². The van der Waals surface area contributed by atoms with Crippen LogP contribution in [0.5, 0.6) is 0 Å². The standard InChI is InChI=1S/C16H18N2O/c1-5-15(6-2)10-8-12-19-18-14(4)16-11-7-9-13(3)17-16/h5-7,9,11H,1,12H2,2-4H3. The summed E-state index contributed by atoms with van der Waals surface area (Å²) in [6.45, 7) is 9.62. The Hall–Kier alpha value is -2.34. The van der Waals surface area contributed by atoms with Crippen molar-refractivity contribution in [3.05, 3.63) is 53.9 Å². The molecular formula is C16H18N2O. The second-order valence-electron chi connectivity index (χ2n) is 3.86. The van der Waals surface area contributed by atoms with Gasteiger partial charge in [-0.1, -0.05) is 41.8 Å². The lowest BCUT2D eigenvalue weighted by atomic mass is 10.2. The van der Waals surface area contributed by atoms with Crippen molar-refractivity contribution in [2.24, 2.45) is 5.16 Å². The van der Waals surface area contributed by atoms with Crippen molar-refractivity contribution in [2.45, 2.75) is 20.8 Å². The molecule has 19 heavy (non-hydrogen) atoms. The summed E-state index contributed by atoms with van der Waals surface area (Å²) in [6.07, 6.45) is 3.60. The SMILES string of the molecule is C=CC(C#CCON=C(C)c1cccc(C)n1)=CC. The number of allylic oxidation sites excluding steroid dienone is 3. The van der Waals surface area contributed by atoms with Gasteiger partial charge >= 0.3 is 0 Å². The van der Waals surface area contributed by atoms with E-state index in [1.54, 1.807) is 6.08 Å². The van der Waals surface area contributed by atoms with Crippen molar-refractivity contribution in [3.8, 4) is 11.8 Å². The van der Waals surface area contributed by atoms with E-state index in [9.17, 15) is 0 Å². The molecule has 0 aliphatic rings. The number of nitrogens with zero attached hydrogens (tertiary/aromatic N) is 2. The monoisotopic (exact) mass is 254 g/mol. The van der Waals surface area contributed by atoms with Crippen LogP contribution in [-0.4, -0.2) is 17.3 Å². The molecule has 0 unspecified atom stereocenters. The highest BCUT2D eigenvalue weighted by molar-refractivity contribution is 5.96. The Labute approximate surface area is 114 Å². The summed E-state index contributed by atoms with van der Waals surface area (Å²) in [5.41, 5.74) is 3.38. The lowest BCUT2D eigenvalue weighted by molar-refractivity contribution is 0.179. The van der Waals surface area contributed by atoms with E-state index in [1.165, 1.54) is 0 Å². The molecule has 0 bridgehead atoms. The molecule has 0 fully saturated rings. The van der Waals surface area contributed by atoms with E-state index in [-0.39, 0.29) is 6.61 Å². The summed E-state index contributed by atoms with van der Waals surface area (Å²) in [7, 11) is 0. The molecule has 0 amide bonds. The average molecular weight is 254 g/mol. The van der Waals surface area contributed by atoms with Gasteiger partial charge in [0.25, 0.3) is 0 Å². The molecule has 1 aromatic heterocycles. The quantitative estimate of drug-likeness (QED) is 0.272. The number of aromatic nitrogens is 1. The molecule has 0 radical (unpaired) electrons. The number of aryl methyl sites for hydroxylation is 1. The van der Waals surface area contributed by atoms with Crippen molar-refractivity contribution < 1.29 is 4.84 Å². The van der Waals surface area contributed by atoms with Crippen LogP contribution in [0.25, 0.3) is 0 Å². The van der Waals surface area contributed by atoms with Crippen LogP contribution in [0.3, 0.4) is 0 Å². The molecule has 0 N–H and O–H groups in total. The number of hydrogen-bond acceptors (Lipinski definition) is 3. The zero-order valence-corrected chi connectivity index (χ0v) is 11.6. The molecule has 1 aromatic rings. The maximum Gasteiger partial charge on any atom is 0.177 e. The van der Waals surface area contributed by atoms with Crippen molar-refractivity contribution in [1.29, 1.82) is 0 Å². The van der Waals surface area contributed by atoms with E-state index in [0.717, 1.165) is 22.7 Å².